The van der Waals surface area contributed by atoms with Crippen molar-refractivity contribution >= 4 is 24.0 Å². The van der Waals surface area contributed by atoms with E-state index >= 15 is 0 Å². The van der Waals surface area contributed by atoms with Gasteiger partial charge in [-0.2, -0.15) is 9.98 Å². The van der Waals surface area contributed by atoms with E-state index < -0.39 is 43.1 Å². The summed E-state index contributed by atoms with van der Waals surface area (Å²) in [6.07, 6.45) is -3.18. The molecule has 1 amide bonds. The third-order valence-electron chi connectivity index (χ3n) is 3.33. The average Bonchev–Trinajstić information content (AvgIpc) is 2.93. The van der Waals surface area contributed by atoms with Crippen LogP contribution in [0.1, 0.15) is 0 Å². The number of hydrogen-bond donors (Lipinski definition) is 4. The van der Waals surface area contributed by atoms with Crippen molar-refractivity contribution in [3.8, 4) is 0 Å². The molecule has 3 heterocycles. The van der Waals surface area contributed by atoms with Gasteiger partial charge in [-0.05, 0) is 0 Å². The van der Waals surface area contributed by atoms with Crippen LogP contribution in [0.25, 0.3) is 0 Å². The van der Waals surface area contributed by atoms with Gasteiger partial charge in [-0.1, -0.05) is 0 Å². The molecule has 21 heavy (non-hydrogen) atoms. The first-order chi connectivity index (χ1) is 9.52. The van der Waals surface area contributed by atoms with Crippen LogP contribution >= 0.6 is 0 Å². The maximum absolute atomic E-state index is 11.6. The number of aliphatic imine (C=N–C) groups is 3. The van der Waals surface area contributed by atoms with Gasteiger partial charge >= 0.3 is 0 Å². The lowest BCUT2D eigenvalue weighted by atomic mass is 10.1. The number of fused-ring (bicyclic) bond motifs is 1. The maximum atomic E-state index is 11.6. The molecular weight excluding hydrogens is 286 g/mol. The Morgan fingerprint density at radius 2 is 2.05 bits per heavy atom. The Morgan fingerprint density at radius 1 is 1.33 bits per heavy atom. The smallest absolute Gasteiger partial charge is 0.281 e. The van der Waals surface area contributed by atoms with Crippen LogP contribution in [0.4, 0.5) is 0 Å². The maximum Gasteiger partial charge on any atom is 0.281 e. The summed E-state index contributed by atoms with van der Waals surface area (Å²) >= 11 is 0. The Bertz CT molecular complexity index is 534. The first-order valence-electron chi connectivity index (χ1n) is 5.93. The summed E-state index contributed by atoms with van der Waals surface area (Å²) in [7, 11) is 0. The van der Waals surface area contributed by atoms with Gasteiger partial charge in [0.05, 0.1) is 12.9 Å². The van der Waals surface area contributed by atoms with Crippen LogP contribution in [0.3, 0.4) is 0 Å². The predicted octanol–water partition coefficient (Wildman–Crippen LogP) is -4.43. The largest absolute Gasteiger partial charge is 0.412 e. The Balaban J connectivity index is 0.00000161. The van der Waals surface area contributed by atoms with Crippen molar-refractivity contribution in [1.82, 2.24) is 4.90 Å². The van der Waals surface area contributed by atoms with E-state index in [1.165, 1.54) is 11.2 Å². The van der Waals surface area contributed by atoms with Gasteiger partial charge in [0, 0.05) is 0 Å². The Kier molecular flexibility index (Phi) is 4.02. The number of nitrogens with two attached hydrogens (primary N) is 1. The van der Waals surface area contributed by atoms with Crippen LogP contribution in [0, 0.1) is 0 Å². The van der Waals surface area contributed by atoms with Gasteiger partial charge in [0.1, 0.15) is 18.3 Å². The second kappa shape index (κ2) is 5.46. The summed E-state index contributed by atoms with van der Waals surface area (Å²) in [4.78, 5) is 24.3. The van der Waals surface area contributed by atoms with Gasteiger partial charge in [-0.15, -0.1) is 0 Å². The van der Waals surface area contributed by atoms with Gasteiger partial charge < -0.3 is 31.3 Å². The van der Waals surface area contributed by atoms with Gasteiger partial charge in [0.25, 0.3) is 5.91 Å². The number of aliphatic hydroxyl groups excluding tert-OH is 3. The lowest BCUT2D eigenvalue weighted by molar-refractivity contribution is -0.117. The quantitative estimate of drug-likeness (QED) is 0.396. The van der Waals surface area contributed by atoms with Crippen molar-refractivity contribution in [1.29, 1.82) is 0 Å². The number of hydrogen-bond acceptors (Lipinski definition) is 9. The topological polar surface area (TPSA) is 185 Å². The fourth-order valence-corrected chi connectivity index (χ4v) is 2.32. The number of carbonyl (C=O) groups is 1. The van der Waals surface area contributed by atoms with Gasteiger partial charge in [-0.25, -0.2) is 0 Å². The summed E-state index contributed by atoms with van der Waals surface area (Å²) < 4.78 is 5.35. The van der Waals surface area contributed by atoms with E-state index in [0.29, 0.717) is 0 Å². The lowest BCUT2D eigenvalue weighted by Crippen LogP contribution is -2.49. The standard InChI is InChI=1S/C10H13N5O5.H2O/c11-10-13-7-4(8(19)14-10)12-2-15(7)9-6(18)5(17)3(1-16)20-9;/h2-6,9,16-18H,1H2,(H2,11,14,19);1H2/t3-,4?,5-,6-,9-;/m1./s1. The zero-order valence-electron chi connectivity index (χ0n) is 10.7. The molecule has 1 unspecified atom stereocenters. The molecule has 1 fully saturated rings. The van der Waals surface area contributed by atoms with Crippen molar-refractivity contribution in [2.75, 3.05) is 6.61 Å². The van der Waals surface area contributed by atoms with Crippen LogP contribution in [0.15, 0.2) is 15.0 Å². The number of carbonyl (C=O) groups excluding carboxylic acids is 1. The van der Waals surface area contributed by atoms with Crippen molar-refractivity contribution < 1.29 is 30.3 Å². The highest BCUT2D eigenvalue weighted by Crippen LogP contribution is 2.27. The molecule has 0 spiro atoms. The minimum atomic E-state index is -1.28. The molecule has 3 rings (SSSR count). The molecule has 0 radical (unpaired) electrons. The van der Waals surface area contributed by atoms with Crippen LogP contribution < -0.4 is 5.73 Å². The first-order valence-corrected chi connectivity index (χ1v) is 5.93. The highest BCUT2D eigenvalue weighted by atomic mass is 16.6. The molecule has 1 saturated heterocycles. The molecule has 116 valence electrons. The molecular formula is C10H15N5O6. The number of rotatable bonds is 2. The van der Waals surface area contributed by atoms with E-state index in [2.05, 4.69) is 15.0 Å². The second-order valence-corrected chi connectivity index (χ2v) is 4.58. The van der Waals surface area contributed by atoms with Gasteiger partial charge in [0.15, 0.2) is 18.1 Å². The van der Waals surface area contributed by atoms with E-state index in [0.717, 1.165) is 0 Å². The number of nitrogens with zero attached hydrogens (tertiary/aromatic N) is 4. The summed E-state index contributed by atoms with van der Waals surface area (Å²) in [5, 5.41) is 28.7. The van der Waals surface area contributed by atoms with Crippen LogP contribution in [-0.4, -0.2) is 86.9 Å². The molecule has 3 aliphatic heterocycles. The SMILES string of the molecule is NC1=NC(=O)C2N=CN([C@@H]3O[C@H](CO)[C@@H](O)[C@H]3O)C2=N1.O. The normalized spacial score (nSPS) is 38.0. The summed E-state index contributed by atoms with van der Waals surface area (Å²) in [6, 6.07) is -0.914. The van der Waals surface area contributed by atoms with Crippen LogP contribution in [0.2, 0.25) is 0 Å². The van der Waals surface area contributed by atoms with Crippen molar-refractivity contribution in [2.45, 2.75) is 30.6 Å². The summed E-state index contributed by atoms with van der Waals surface area (Å²) in [5.74, 6) is -0.584. The molecule has 0 aliphatic carbocycles. The average molecular weight is 301 g/mol. The Labute approximate surface area is 118 Å². The highest BCUT2D eigenvalue weighted by Gasteiger charge is 2.49. The first kappa shape index (κ1) is 15.5. The molecule has 0 aromatic carbocycles. The van der Waals surface area contributed by atoms with Gasteiger partial charge in [0.2, 0.25) is 5.96 Å². The highest BCUT2D eigenvalue weighted by molar-refractivity contribution is 6.21. The van der Waals surface area contributed by atoms with Crippen molar-refractivity contribution in [3.63, 3.8) is 0 Å². The van der Waals surface area contributed by atoms with Crippen molar-refractivity contribution in [3.05, 3.63) is 0 Å². The van der Waals surface area contributed by atoms with Gasteiger partial charge in [-0.3, -0.25) is 14.7 Å². The number of amides is 1. The summed E-state index contributed by atoms with van der Waals surface area (Å²) in [5.41, 5.74) is 5.42. The van der Waals surface area contributed by atoms with E-state index in [9.17, 15) is 15.0 Å². The van der Waals surface area contributed by atoms with E-state index in [1.54, 1.807) is 0 Å². The fraction of sp³-hybridized carbons (Fsp3) is 0.600. The number of aliphatic hydroxyl groups is 3. The molecule has 11 heteroatoms. The van der Waals surface area contributed by atoms with E-state index in [1.807, 2.05) is 0 Å². The molecule has 3 aliphatic rings. The fourth-order valence-electron chi connectivity index (χ4n) is 2.32. The second-order valence-electron chi connectivity index (χ2n) is 4.58. The third kappa shape index (κ3) is 2.30. The molecule has 7 N–H and O–H groups in total. The molecule has 0 aromatic heterocycles. The minimum absolute atomic E-state index is 0. The molecule has 0 saturated carbocycles. The Morgan fingerprint density at radius 3 is 2.67 bits per heavy atom. The zero-order chi connectivity index (χ0) is 14.4. The lowest BCUT2D eigenvalue weighted by Gasteiger charge is -2.27. The molecule has 11 nitrogen and oxygen atoms in total. The summed E-state index contributed by atoms with van der Waals surface area (Å²) in [6.45, 7) is -0.446. The van der Waals surface area contributed by atoms with E-state index in [-0.39, 0.29) is 17.3 Å². The third-order valence-corrected chi connectivity index (χ3v) is 3.33. The van der Waals surface area contributed by atoms with Crippen molar-refractivity contribution in [2.24, 2.45) is 20.7 Å². The number of guanidine groups is 1. The minimum Gasteiger partial charge on any atom is -0.412 e. The number of ether oxygens (including phenoxy) is 1. The molecule has 5 atom stereocenters. The Hall–Kier alpha value is -1.92. The number of amidine groups is 1. The van der Waals surface area contributed by atoms with Crippen LogP contribution in [-0.2, 0) is 9.53 Å². The van der Waals surface area contributed by atoms with Crippen LogP contribution in [0.5, 0.6) is 0 Å². The zero-order valence-corrected chi connectivity index (χ0v) is 10.7. The predicted molar refractivity (Wildman–Crippen MR) is 69.6 cm³/mol. The van der Waals surface area contributed by atoms with E-state index in [4.69, 9.17) is 15.6 Å². The monoisotopic (exact) mass is 301 g/mol. The molecule has 0 aromatic rings. The molecule has 0 bridgehead atoms.